The highest BCUT2D eigenvalue weighted by molar-refractivity contribution is 7.98. The lowest BCUT2D eigenvalue weighted by atomic mass is 10.2. The van der Waals surface area contributed by atoms with E-state index < -0.39 is 0 Å². The van der Waals surface area contributed by atoms with E-state index in [1.54, 1.807) is 18.0 Å². The van der Waals surface area contributed by atoms with Gasteiger partial charge < -0.3 is 5.73 Å². The lowest BCUT2D eigenvalue weighted by Crippen LogP contribution is -2.13. The number of thioether (sulfide) groups is 1. The van der Waals surface area contributed by atoms with Gasteiger partial charge in [0.05, 0.1) is 5.03 Å². The number of pyridine rings is 2. The first-order valence-corrected chi connectivity index (χ1v) is 6.90. The second-order valence-corrected chi connectivity index (χ2v) is 5.37. The van der Waals surface area contributed by atoms with Crippen molar-refractivity contribution in [3.8, 4) is 0 Å². The van der Waals surface area contributed by atoms with Crippen molar-refractivity contribution in [1.29, 1.82) is 5.41 Å². The summed E-state index contributed by atoms with van der Waals surface area (Å²) in [4.78, 5) is 8.53. The van der Waals surface area contributed by atoms with E-state index in [9.17, 15) is 0 Å². The Morgan fingerprint density at radius 3 is 2.79 bits per heavy atom. The normalized spacial score (nSPS) is 10.4. The number of hydrogen-bond acceptors (Lipinski definition) is 4. The number of amidine groups is 1. The molecule has 19 heavy (non-hydrogen) atoms. The largest absolute Gasteiger partial charge is 0.382 e. The summed E-state index contributed by atoms with van der Waals surface area (Å²) in [6, 6.07) is 7.91. The molecule has 0 saturated carbocycles. The number of aryl methyl sites for hydroxylation is 2. The highest BCUT2D eigenvalue weighted by Crippen LogP contribution is 2.22. The summed E-state index contributed by atoms with van der Waals surface area (Å²) in [5.41, 5.74) is 9.29. The molecule has 0 bridgehead atoms. The van der Waals surface area contributed by atoms with Crippen molar-refractivity contribution in [2.45, 2.75) is 24.6 Å². The van der Waals surface area contributed by atoms with Crippen molar-refractivity contribution in [2.24, 2.45) is 5.73 Å². The van der Waals surface area contributed by atoms with Crippen molar-refractivity contribution in [2.75, 3.05) is 0 Å². The Morgan fingerprint density at radius 2 is 2.11 bits per heavy atom. The molecule has 3 N–H and O–H groups in total. The monoisotopic (exact) mass is 272 g/mol. The standard InChI is InChI=1S/C14H16N4S/c1-9-5-10(2)18-13(6-9)19-8-11-3-4-17-12(7-11)14(15)16/h3-7H,8H2,1-2H3,(H3,15,16). The van der Waals surface area contributed by atoms with Crippen LogP contribution in [0.15, 0.2) is 35.5 Å². The molecule has 2 aromatic heterocycles. The van der Waals surface area contributed by atoms with Gasteiger partial charge in [0.2, 0.25) is 0 Å². The van der Waals surface area contributed by atoms with Gasteiger partial charge in [-0.3, -0.25) is 10.4 Å². The molecule has 0 aliphatic rings. The Balaban J connectivity index is 2.10. The lowest BCUT2D eigenvalue weighted by Gasteiger charge is -2.05. The average molecular weight is 272 g/mol. The number of nitrogen functional groups attached to an aromatic ring is 1. The Labute approximate surface area is 117 Å². The van der Waals surface area contributed by atoms with E-state index in [4.69, 9.17) is 11.1 Å². The average Bonchev–Trinajstić information content (AvgIpc) is 2.35. The third-order valence-electron chi connectivity index (χ3n) is 2.56. The minimum atomic E-state index is -0.00336. The first-order chi connectivity index (χ1) is 9.04. The summed E-state index contributed by atoms with van der Waals surface area (Å²) in [5, 5.41) is 8.39. The van der Waals surface area contributed by atoms with Gasteiger partial charge in [0.1, 0.15) is 11.5 Å². The first-order valence-electron chi connectivity index (χ1n) is 5.92. The fraction of sp³-hybridized carbons (Fsp3) is 0.214. The molecule has 4 nitrogen and oxygen atoms in total. The van der Waals surface area contributed by atoms with E-state index in [0.29, 0.717) is 5.69 Å². The molecule has 2 heterocycles. The van der Waals surface area contributed by atoms with Crippen molar-refractivity contribution in [3.05, 3.63) is 53.0 Å². The number of nitrogens with one attached hydrogen (secondary N) is 1. The molecule has 0 fully saturated rings. The Hall–Kier alpha value is -1.88. The Morgan fingerprint density at radius 1 is 1.32 bits per heavy atom. The molecule has 0 unspecified atom stereocenters. The van der Waals surface area contributed by atoms with Crippen LogP contribution in [0.3, 0.4) is 0 Å². The predicted octanol–water partition coefficient (Wildman–Crippen LogP) is 2.67. The van der Waals surface area contributed by atoms with Gasteiger partial charge in [0.25, 0.3) is 0 Å². The number of nitrogens with zero attached hydrogens (tertiary/aromatic N) is 2. The predicted molar refractivity (Wildman–Crippen MR) is 78.5 cm³/mol. The van der Waals surface area contributed by atoms with Crippen molar-refractivity contribution < 1.29 is 0 Å². The number of hydrogen-bond donors (Lipinski definition) is 2. The SMILES string of the molecule is Cc1cc(C)nc(SCc2ccnc(C(=N)N)c2)c1. The zero-order valence-electron chi connectivity index (χ0n) is 11.0. The van der Waals surface area contributed by atoms with E-state index in [1.165, 1.54) is 5.56 Å². The van der Waals surface area contributed by atoms with Crippen LogP contribution in [0.5, 0.6) is 0 Å². The maximum Gasteiger partial charge on any atom is 0.141 e. The van der Waals surface area contributed by atoms with Crippen LogP contribution in [0, 0.1) is 19.3 Å². The zero-order chi connectivity index (χ0) is 13.8. The second-order valence-electron chi connectivity index (χ2n) is 4.38. The van der Waals surface area contributed by atoms with Gasteiger partial charge in [-0.2, -0.15) is 0 Å². The van der Waals surface area contributed by atoms with Crippen LogP contribution in [0.4, 0.5) is 0 Å². The summed E-state index contributed by atoms with van der Waals surface area (Å²) >= 11 is 1.67. The van der Waals surface area contributed by atoms with Crippen LogP contribution in [0.2, 0.25) is 0 Å². The van der Waals surface area contributed by atoms with Crippen molar-refractivity contribution in [1.82, 2.24) is 9.97 Å². The molecule has 0 aromatic carbocycles. The van der Waals surface area contributed by atoms with Gasteiger partial charge in [-0.25, -0.2) is 4.98 Å². The van der Waals surface area contributed by atoms with Crippen molar-refractivity contribution in [3.63, 3.8) is 0 Å². The first kappa shape index (κ1) is 13.5. The van der Waals surface area contributed by atoms with Crippen LogP contribution in [-0.2, 0) is 5.75 Å². The highest BCUT2D eigenvalue weighted by atomic mass is 32.2. The molecule has 2 rings (SSSR count). The third-order valence-corrected chi connectivity index (χ3v) is 3.54. The Bertz CT molecular complexity index is 590. The fourth-order valence-corrected chi connectivity index (χ4v) is 2.72. The van der Waals surface area contributed by atoms with Gasteiger partial charge in [-0.15, -0.1) is 11.8 Å². The van der Waals surface area contributed by atoms with E-state index in [2.05, 4.69) is 29.0 Å². The van der Waals surface area contributed by atoms with E-state index >= 15 is 0 Å². The molecule has 0 atom stereocenters. The number of aromatic nitrogens is 2. The lowest BCUT2D eigenvalue weighted by molar-refractivity contribution is 1.05. The highest BCUT2D eigenvalue weighted by Gasteiger charge is 2.03. The maximum atomic E-state index is 7.38. The summed E-state index contributed by atoms with van der Waals surface area (Å²) in [6.07, 6.45) is 1.68. The molecule has 2 aromatic rings. The number of rotatable bonds is 4. The van der Waals surface area contributed by atoms with Crippen LogP contribution in [0.25, 0.3) is 0 Å². The Kier molecular flexibility index (Phi) is 4.16. The molecule has 0 aliphatic heterocycles. The van der Waals surface area contributed by atoms with Crippen LogP contribution in [0.1, 0.15) is 22.5 Å². The van der Waals surface area contributed by atoms with Gasteiger partial charge in [-0.1, -0.05) is 0 Å². The summed E-state index contributed by atoms with van der Waals surface area (Å²) in [5.74, 6) is 0.787. The minimum Gasteiger partial charge on any atom is -0.382 e. The fourth-order valence-electron chi connectivity index (χ4n) is 1.75. The quantitative estimate of drug-likeness (QED) is 0.509. The van der Waals surface area contributed by atoms with Crippen LogP contribution >= 0.6 is 11.8 Å². The number of nitrogens with two attached hydrogens (primary N) is 1. The summed E-state index contributed by atoms with van der Waals surface area (Å²) in [7, 11) is 0. The van der Waals surface area contributed by atoms with Gasteiger partial charge in [0.15, 0.2) is 0 Å². The minimum absolute atomic E-state index is 0.00336. The van der Waals surface area contributed by atoms with Gasteiger partial charge in [0, 0.05) is 17.6 Å². The van der Waals surface area contributed by atoms with Crippen molar-refractivity contribution >= 4 is 17.6 Å². The summed E-state index contributed by atoms with van der Waals surface area (Å²) in [6.45, 7) is 4.07. The third kappa shape index (κ3) is 3.79. The molecular weight excluding hydrogens is 256 g/mol. The molecule has 0 aliphatic carbocycles. The summed E-state index contributed by atoms with van der Waals surface area (Å²) < 4.78 is 0. The maximum absolute atomic E-state index is 7.38. The molecule has 0 amide bonds. The van der Waals surface area contributed by atoms with E-state index in [1.807, 2.05) is 19.1 Å². The molecule has 0 spiro atoms. The molecular formula is C14H16N4S. The van der Waals surface area contributed by atoms with E-state index in [0.717, 1.165) is 22.0 Å². The molecule has 0 radical (unpaired) electrons. The van der Waals surface area contributed by atoms with Crippen LogP contribution < -0.4 is 5.73 Å². The van der Waals surface area contributed by atoms with Crippen LogP contribution in [-0.4, -0.2) is 15.8 Å². The molecule has 98 valence electrons. The second kappa shape index (κ2) is 5.84. The zero-order valence-corrected chi connectivity index (χ0v) is 11.8. The smallest absolute Gasteiger partial charge is 0.141 e. The van der Waals surface area contributed by atoms with Gasteiger partial charge in [-0.05, 0) is 49.2 Å². The van der Waals surface area contributed by atoms with E-state index in [-0.39, 0.29) is 5.84 Å². The van der Waals surface area contributed by atoms with Gasteiger partial charge >= 0.3 is 0 Å². The molecule has 0 saturated heterocycles. The topological polar surface area (TPSA) is 75.7 Å². The molecule has 5 heteroatoms.